The van der Waals surface area contributed by atoms with Gasteiger partial charge in [-0.25, -0.2) is 9.18 Å². The maximum atomic E-state index is 13.7. The van der Waals surface area contributed by atoms with E-state index in [0.29, 0.717) is 25.2 Å². The predicted octanol–water partition coefficient (Wildman–Crippen LogP) is 5.64. The lowest BCUT2D eigenvalue weighted by Gasteiger charge is -2.34. The van der Waals surface area contributed by atoms with Crippen LogP contribution in [0.1, 0.15) is 50.8 Å². The van der Waals surface area contributed by atoms with Crippen LogP contribution in [-0.4, -0.2) is 89.7 Å². The first kappa shape index (κ1) is 36.5. The molecule has 15 heteroatoms. The van der Waals surface area contributed by atoms with Crippen LogP contribution in [0.15, 0.2) is 36.4 Å². The van der Waals surface area contributed by atoms with Gasteiger partial charge in [-0.1, -0.05) is 13.0 Å². The number of nitrogens with zero attached hydrogens (tertiary/aromatic N) is 4. The van der Waals surface area contributed by atoms with Crippen LogP contribution in [-0.2, 0) is 33.6 Å². The van der Waals surface area contributed by atoms with Crippen molar-refractivity contribution in [1.29, 1.82) is 0 Å². The van der Waals surface area contributed by atoms with Gasteiger partial charge in [-0.15, -0.1) is 0 Å². The molecule has 2 aromatic rings. The predicted molar refractivity (Wildman–Crippen MR) is 160 cm³/mol. The lowest BCUT2D eigenvalue weighted by Crippen LogP contribution is -2.48. The zero-order valence-corrected chi connectivity index (χ0v) is 26.4. The summed E-state index contributed by atoms with van der Waals surface area (Å²) in [6.07, 6.45) is -5.49. The number of rotatable bonds is 13. The monoisotopic (exact) mass is 656 g/mol. The molecule has 1 aliphatic heterocycles. The van der Waals surface area contributed by atoms with Crippen molar-refractivity contribution in [2.45, 2.75) is 59.0 Å². The van der Waals surface area contributed by atoms with Crippen molar-refractivity contribution in [3.63, 3.8) is 0 Å². The summed E-state index contributed by atoms with van der Waals surface area (Å²) < 4.78 is 70.2. The molecule has 1 heterocycles. The molecule has 0 aromatic heterocycles. The smallest absolute Gasteiger partial charge is 0.419 e. The molecule has 0 N–H and O–H groups in total. The third-order valence-electron chi connectivity index (χ3n) is 7.14. The summed E-state index contributed by atoms with van der Waals surface area (Å²) >= 11 is 0. The second-order valence-electron chi connectivity index (χ2n) is 11.7. The highest BCUT2D eigenvalue weighted by Crippen LogP contribution is 2.33. The second kappa shape index (κ2) is 16.0. The van der Waals surface area contributed by atoms with Gasteiger partial charge in [-0.05, 0) is 51.1 Å². The molecule has 1 aliphatic rings. The molecule has 3 rings (SSSR count). The first-order valence-corrected chi connectivity index (χ1v) is 14.9. The molecule has 1 saturated heterocycles. The highest BCUT2D eigenvalue weighted by Gasteiger charge is 2.34. The number of carbonyl (C=O) groups excluding carboxylic acids is 2. The van der Waals surface area contributed by atoms with Gasteiger partial charge in [0.05, 0.1) is 36.7 Å². The topological polar surface area (TPSA) is 115 Å². The fourth-order valence-electron chi connectivity index (χ4n) is 4.66. The average molecular weight is 657 g/mol. The number of likely N-dealkylation sites (N-methyl/N-ethyl adjacent to an activating group) is 1. The van der Waals surface area contributed by atoms with Gasteiger partial charge in [0.15, 0.2) is 0 Å². The fourth-order valence-corrected chi connectivity index (χ4v) is 4.66. The minimum absolute atomic E-state index is 0.00663. The molecule has 0 bridgehead atoms. The number of benzene rings is 2. The van der Waals surface area contributed by atoms with E-state index in [9.17, 15) is 37.3 Å². The Labute approximate surface area is 265 Å². The molecule has 1 fully saturated rings. The molecule has 0 atom stereocenters. The molecule has 2 aromatic carbocycles. The highest BCUT2D eigenvalue weighted by molar-refractivity contribution is 5.76. The van der Waals surface area contributed by atoms with E-state index in [1.54, 1.807) is 25.7 Å². The first-order chi connectivity index (χ1) is 21.6. The van der Waals surface area contributed by atoms with Gasteiger partial charge in [0.25, 0.3) is 5.69 Å². The number of ether oxygens (including phenoxy) is 3. The second-order valence-corrected chi connectivity index (χ2v) is 11.7. The summed E-state index contributed by atoms with van der Waals surface area (Å²) in [4.78, 5) is 41.9. The standard InChI is InChI=1S/C31H40F4N4O7/c1-5-36-11-13-37(14-12-36)28(40)10-16-44-17-15-38(29(41)46-30(2,3)4)20-23-19-24(39(42)43)7-9-27(23)45-21-22-6-8-26(32)25(18-22)31(33,34)35/h6-9,18-19H,5,10-17,20-21H2,1-4H3. The number of halogens is 4. The Kier molecular flexibility index (Phi) is 12.7. The Bertz CT molecular complexity index is 1360. The van der Waals surface area contributed by atoms with Crippen LogP contribution in [0.3, 0.4) is 0 Å². The van der Waals surface area contributed by atoms with Crippen molar-refractivity contribution in [1.82, 2.24) is 14.7 Å². The molecule has 0 radical (unpaired) electrons. The van der Waals surface area contributed by atoms with Gasteiger partial charge in [-0.3, -0.25) is 14.9 Å². The van der Waals surface area contributed by atoms with Crippen LogP contribution in [0.2, 0.25) is 0 Å². The van der Waals surface area contributed by atoms with Crippen LogP contribution in [0, 0.1) is 15.9 Å². The third-order valence-corrected chi connectivity index (χ3v) is 7.14. The van der Waals surface area contributed by atoms with E-state index < -0.39 is 40.8 Å². The molecule has 254 valence electrons. The van der Waals surface area contributed by atoms with Gasteiger partial charge in [0.1, 0.15) is 23.8 Å². The highest BCUT2D eigenvalue weighted by atomic mass is 19.4. The summed E-state index contributed by atoms with van der Waals surface area (Å²) in [5.74, 6) is -1.39. The van der Waals surface area contributed by atoms with Gasteiger partial charge in [0, 0.05) is 50.4 Å². The number of hydrogen-bond donors (Lipinski definition) is 0. The van der Waals surface area contributed by atoms with Crippen LogP contribution in [0.25, 0.3) is 0 Å². The van der Waals surface area contributed by atoms with E-state index in [2.05, 4.69) is 11.8 Å². The van der Waals surface area contributed by atoms with Crippen LogP contribution in [0.4, 0.5) is 28.0 Å². The van der Waals surface area contributed by atoms with E-state index in [-0.39, 0.29) is 61.2 Å². The number of nitro benzene ring substituents is 1. The van der Waals surface area contributed by atoms with Crippen LogP contribution < -0.4 is 4.74 Å². The summed E-state index contributed by atoms with van der Waals surface area (Å²) in [6.45, 7) is 10.5. The van der Waals surface area contributed by atoms with E-state index in [4.69, 9.17) is 14.2 Å². The Hall–Kier alpha value is -3.98. The summed E-state index contributed by atoms with van der Waals surface area (Å²) in [5, 5.41) is 11.5. The molecular formula is C31H40F4N4O7. The fraction of sp³-hybridized carbons (Fsp3) is 0.548. The number of carbonyl (C=O) groups is 2. The Morgan fingerprint density at radius 2 is 1.72 bits per heavy atom. The maximum Gasteiger partial charge on any atom is 0.419 e. The van der Waals surface area contributed by atoms with Gasteiger partial charge < -0.3 is 28.9 Å². The van der Waals surface area contributed by atoms with E-state index in [1.165, 1.54) is 17.0 Å². The molecule has 0 aliphatic carbocycles. The molecule has 0 spiro atoms. The quantitative estimate of drug-likeness (QED) is 0.118. The zero-order valence-electron chi connectivity index (χ0n) is 26.4. The number of non-ortho nitro benzene ring substituents is 1. The summed E-state index contributed by atoms with van der Waals surface area (Å²) in [6, 6.07) is 6.07. The molecule has 2 amide bonds. The van der Waals surface area contributed by atoms with Crippen molar-refractivity contribution in [3.8, 4) is 5.75 Å². The average Bonchev–Trinajstić information content (AvgIpc) is 2.98. The Morgan fingerprint density at radius 1 is 1.02 bits per heavy atom. The summed E-state index contributed by atoms with van der Waals surface area (Å²) in [5.41, 5.74) is -2.43. The lowest BCUT2D eigenvalue weighted by molar-refractivity contribution is -0.385. The molecule has 11 nitrogen and oxygen atoms in total. The molecule has 46 heavy (non-hydrogen) atoms. The third kappa shape index (κ3) is 11.1. The van der Waals surface area contributed by atoms with E-state index in [1.807, 2.05) is 0 Å². The SMILES string of the molecule is CCN1CCN(C(=O)CCOCCN(Cc2cc([N+](=O)[O-])ccc2OCc2ccc(F)c(C(F)(F)F)c2)C(=O)OC(C)(C)C)CC1. The number of hydrogen-bond acceptors (Lipinski definition) is 8. The first-order valence-electron chi connectivity index (χ1n) is 14.9. The van der Waals surface area contributed by atoms with Crippen molar-refractivity contribution in [2.24, 2.45) is 0 Å². The van der Waals surface area contributed by atoms with E-state index in [0.717, 1.165) is 31.8 Å². The maximum absolute atomic E-state index is 13.7. The lowest BCUT2D eigenvalue weighted by atomic mass is 10.1. The van der Waals surface area contributed by atoms with Crippen molar-refractivity contribution < 1.29 is 46.3 Å². The van der Waals surface area contributed by atoms with Crippen molar-refractivity contribution >= 4 is 17.7 Å². The Balaban J connectivity index is 1.70. The molecule has 0 unspecified atom stereocenters. The molecular weight excluding hydrogens is 616 g/mol. The van der Waals surface area contributed by atoms with Gasteiger partial charge >= 0.3 is 12.3 Å². The van der Waals surface area contributed by atoms with E-state index >= 15 is 0 Å². The van der Waals surface area contributed by atoms with Gasteiger partial charge in [-0.2, -0.15) is 13.2 Å². The number of amides is 2. The van der Waals surface area contributed by atoms with Gasteiger partial charge in [0.2, 0.25) is 5.91 Å². The Morgan fingerprint density at radius 3 is 2.33 bits per heavy atom. The largest absolute Gasteiger partial charge is 0.489 e. The minimum Gasteiger partial charge on any atom is -0.489 e. The number of nitro groups is 1. The van der Waals surface area contributed by atoms with Crippen LogP contribution >= 0.6 is 0 Å². The normalized spacial score (nSPS) is 14.2. The summed E-state index contributed by atoms with van der Waals surface area (Å²) in [7, 11) is 0. The van der Waals surface area contributed by atoms with Crippen LogP contribution in [0.5, 0.6) is 5.75 Å². The van der Waals surface area contributed by atoms with Crippen molar-refractivity contribution in [2.75, 3.05) is 52.5 Å². The molecule has 0 saturated carbocycles. The zero-order chi connectivity index (χ0) is 34.1. The number of alkyl halides is 3. The minimum atomic E-state index is -4.91. The number of piperazine rings is 1. The van der Waals surface area contributed by atoms with Crippen molar-refractivity contribution in [3.05, 3.63) is 69.0 Å².